The molecule has 0 aromatic carbocycles. The highest BCUT2D eigenvalue weighted by molar-refractivity contribution is 5.82. The average Bonchev–Trinajstić information content (AvgIpc) is 2.73. The minimum Gasteiger partial charge on any atom is -0.396 e. The van der Waals surface area contributed by atoms with Gasteiger partial charge in [-0.15, -0.1) is 0 Å². The van der Waals surface area contributed by atoms with E-state index in [1.165, 1.54) is 0 Å². The molecule has 3 atom stereocenters. The molecule has 1 aliphatic rings. The molecule has 5 nitrogen and oxygen atoms in total. The Bertz CT molecular complexity index is 230. The molecule has 1 fully saturated rings. The van der Waals surface area contributed by atoms with Crippen molar-refractivity contribution < 1.29 is 15.0 Å². The fourth-order valence-corrected chi connectivity index (χ4v) is 2.22. The van der Waals surface area contributed by atoms with Crippen molar-refractivity contribution in [1.29, 1.82) is 0 Å². The molecule has 1 amide bonds. The molecule has 1 rings (SSSR count). The maximum absolute atomic E-state index is 11.8. The predicted molar refractivity (Wildman–Crippen MR) is 65.5 cm³/mol. The Kier molecular flexibility index (Phi) is 6.47. The van der Waals surface area contributed by atoms with Gasteiger partial charge >= 0.3 is 0 Å². The van der Waals surface area contributed by atoms with Gasteiger partial charge in [0.2, 0.25) is 5.91 Å². The lowest BCUT2D eigenvalue weighted by Gasteiger charge is -2.17. The third-order valence-electron chi connectivity index (χ3n) is 3.22. The molecule has 0 spiro atoms. The van der Waals surface area contributed by atoms with Crippen molar-refractivity contribution in [2.24, 2.45) is 5.92 Å². The summed E-state index contributed by atoms with van der Waals surface area (Å²) in [4.78, 5) is 11.8. The Hall–Kier alpha value is -0.650. The zero-order chi connectivity index (χ0) is 12.7. The molecule has 0 aliphatic carbocycles. The van der Waals surface area contributed by atoms with E-state index in [1.54, 1.807) is 0 Å². The van der Waals surface area contributed by atoms with E-state index in [9.17, 15) is 9.90 Å². The first kappa shape index (κ1) is 14.4. The van der Waals surface area contributed by atoms with Gasteiger partial charge in [-0.25, -0.2) is 0 Å². The number of β-amino-alcohol motifs (C(OH)–C–C–N with tert-alkyl or cyclic N) is 1. The van der Waals surface area contributed by atoms with Crippen LogP contribution in [0.4, 0.5) is 0 Å². The van der Waals surface area contributed by atoms with Gasteiger partial charge in [0.15, 0.2) is 0 Å². The first-order chi connectivity index (χ1) is 8.17. The van der Waals surface area contributed by atoms with Crippen LogP contribution in [0.1, 0.15) is 32.6 Å². The number of hydrogen-bond donors (Lipinski definition) is 4. The molecule has 0 bridgehead atoms. The fourth-order valence-electron chi connectivity index (χ4n) is 2.22. The van der Waals surface area contributed by atoms with Crippen LogP contribution < -0.4 is 10.6 Å². The maximum Gasteiger partial charge on any atom is 0.237 e. The van der Waals surface area contributed by atoms with E-state index in [-0.39, 0.29) is 18.6 Å². The van der Waals surface area contributed by atoms with Crippen LogP contribution in [0.5, 0.6) is 0 Å². The van der Waals surface area contributed by atoms with Crippen LogP contribution in [0, 0.1) is 5.92 Å². The van der Waals surface area contributed by atoms with Crippen molar-refractivity contribution in [2.75, 3.05) is 19.7 Å². The topological polar surface area (TPSA) is 81.6 Å². The Morgan fingerprint density at radius 3 is 2.82 bits per heavy atom. The van der Waals surface area contributed by atoms with Gasteiger partial charge in [-0.05, 0) is 25.2 Å². The molecule has 4 N–H and O–H groups in total. The van der Waals surface area contributed by atoms with E-state index in [0.29, 0.717) is 25.4 Å². The van der Waals surface area contributed by atoms with E-state index in [4.69, 9.17) is 5.11 Å². The van der Waals surface area contributed by atoms with Gasteiger partial charge in [0.05, 0.1) is 12.1 Å². The van der Waals surface area contributed by atoms with Gasteiger partial charge in [0.25, 0.3) is 0 Å². The summed E-state index contributed by atoms with van der Waals surface area (Å²) >= 11 is 0. The molecule has 0 radical (unpaired) electrons. The Morgan fingerprint density at radius 2 is 2.29 bits per heavy atom. The number of nitrogens with one attached hydrogen (secondary N) is 2. The normalized spacial score (nSPS) is 25.8. The standard InChI is InChI=1S/C12H24N2O3/c1-2-3-9(4-5-15)7-14-12(17)11-6-10(16)8-13-11/h9-11,13,15-16H,2-8H2,1H3,(H,14,17). The number of aliphatic hydroxyl groups excluding tert-OH is 2. The number of aliphatic hydroxyl groups is 2. The monoisotopic (exact) mass is 244 g/mol. The zero-order valence-electron chi connectivity index (χ0n) is 10.5. The van der Waals surface area contributed by atoms with E-state index >= 15 is 0 Å². The summed E-state index contributed by atoms with van der Waals surface area (Å²) in [5, 5.41) is 24.1. The molecule has 0 aromatic rings. The molecular weight excluding hydrogens is 220 g/mol. The summed E-state index contributed by atoms with van der Waals surface area (Å²) in [7, 11) is 0. The summed E-state index contributed by atoms with van der Waals surface area (Å²) in [5.74, 6) is 0.306. The van der Waals surface area contributed by atoms with Gasteiger partial charge in [-0.2, -0.15) is 0 Å². The molecule has 5 heteroatoms. The van der Waals surface area contributed by atoms with Gasteiger partial charge < -0.3 is 20.8 Å². The molecule has 3 unspecified atom stereocenters. The molecule has 100 valence electrons. The minimum absolute atomic E-state index is 0.0411. The lowest BCUT2D eigenvalue weighted by atomic mass is 10.00. The fraction of sp³-hybridized carbons (Fsp3) is 0.917. The number of rotatable bonds is 7. The van der Waals surface area contributed by atoms with Crippen LogP contribution in [-0.4, -0.2) is 48.0 Å². The van der Waals surface area contributed by atoms with Gasteiger partial charge in [0.1, 0.15) is 0 Å². The number of hydrogen-bond acceptors (Lipinski definition) is 4. The van der Waals surface area contributed by atoms with Crippen LogP contribution in [0.3, 0.4) is 0 Å². The summed E-state index contributed by atoms with van der Waals surface area (Å²) in [6, 6.07) is -0.263. The number of carbonyl (C=O) groups excluding carboxylic acids is 1. The van der Waals surface area contributed by atoms with Crippen LogP contribution in [0.15, 0.2) is 0 Å². The van der Waals surface area contributed by atoms with Crippen LogP contribution in [0.25, 0.3) is 0 Å². The van der Waals surface area contributed by atoms with Crippen LogP contribution >= 0.6 is 0 Å². The highest BCUT2D eigenvalue weighted by Crippen LogP contribution is 2.10. The third-order valence-corrected chi connectivity index (χ3v) is 3.22. The lowest BCUT2D eigenvalue weighted by Crippen LogP contribution is -2.42. The predicted octanol–water partition coefficient (Wildman–Crippen LogP) is -0.376. The summed E-state index contributed by atoms with van der Waals surface area (Å²) in [5.41, 5.74) is 0. The molecular formula is C12H24N2O3. The summed E-state index contributed by atoms with van der Waals surface area (Å²) in [6.07, 6.45) is 2.89. The Morgan fingerprint density at radius 1 is 1.53 bits per heavy atom. The van der Waals surface area contributed by atoms with Crippen molar-refractivity contribution >= 4 is 5.91 Å². The summed E-state index contributed by atoms with van der Waals surface area (Å²) in [6.45, 7) is 3.37. The molecule has 0 saturated carbocycles. The van der Waals surface area contributed by atoms with Gasteiger partial charge in [-0.3, -0.25) is 4.79 Å². The van der Waals surface area contributed by atoms with Crippen molar-refractivity contribution in [3.8, 4) is 0 Å². The van der Waals surface area contributed by atoms with Crippen molar-refractivity contribution in [3.63, 3.8) is 0 Å². The molecule has 1 heterocycles. The van der Waals surface area contributed by atoms with Gasteiger partial charge in [-0.1, -0.05) is 13.3 Å². The second-order valence-electron chi connectivity index (χ2n) is 4.76. The Balaban J connectivity index is 2.25. The molecule has 0 aromatic heterocycles. The maximum atomic E-state index is 11.8. The number of carbonyl (C=O) groups is 1. The van der Waals surface area contributed by atoms with Crippen molar-refractivity contribution in [2.45, 2.75) is 44.8 Å². The second-order valence-corrected chi connectivity index (χ2v) is 4.76. The number of amides is 1. The average molecular weight is 244 g/mol. The SMILES string of the molecule is CCCC(CCO)CNC(=O)C1CC(O)CN1. The largest absolute Gasteiger partial charge is 0.396 e. The van der Waals surface area contributed by atoms with E-state index in [1.807, 2.05) is 0 Å². The van der Waals surface area contributed by atoms with Crippen LogP contribution in [0.2, 0.25) is 0 Å². The second kappa shape index (κ2) is 7.63. The molecule has 17 heavy (non-hydrogen) atoms. The third kappa shape index (κ3) is 5.02. The summed E-state index contributed by atoms with van der Waals surface area (Å²) < 4.78 is 0. The lowest BCUT2D eigenvalue weighted by molar-refractivity contribution is -0.123. The first-order valence-corrected chi connectivity index (χ1v) is 6.47. The smallest absolute Gasteiger partial charge is 0.237 e. The van der Waals surface area contributed by atoms with E-state index < -0.39 is 6.10 Å². The van der Waals surface area contributed by atoms with Crippen LogP contribution in [-0.2, 0) is 4.79 Å². The Labute approximate surface area is 103 Å². The first-order valence-electron chi connectivity index (χ1n) is 6.47. The zero-order valence-corrected chi connectivity index (χ0v) is 10.5. The van der Waals surface area contributed by atoms with Crippen molar-refractivity contribution in [1.82, 2.24) is 10.6 Å². The highest BCUT2D eigenvalue weighted by Gasteiger charge is 2.27. The van der Waals surface area contributed by atoms with E-state index in [2.05, 4.69) is 17.6 Å². The van der Waals surface area contributed by atoms with Crippen molar-refractivity contribution in [3.05, 3.63) is 0 Å². The van der Waals surface area contributed by atoms with Gasteiger partial charge in [0, 0.05) is 19.7 Å². The van der Waals surface area contributed by atoms with E-state index in [0.717, 1.165) is 19.3 Å². The molecule has 1 aliphatic heterocycles. The minimum atomic E-state index is -0.408. The highest BCUT2D eigenvalue weighted by atomic mass is 16.3. The quantitative estimate of drug-likeness (QED) is 0.492. The molecule has 1 saturated heterocycles.